The third-order valence-corrected chi connectivity index (χ3v) is 4.63. The average Bonchev–Trinajstić information content (AvgIpc) is 2.99. The Hall–Kier alpha value is -2.53. The maximum absolute atomic E-state index is 12.7. The topological polar surface area (TPSA) is 58.6 Å². The Morgan fingerprint density at radius 3 is 2.81 bits per heavy atom. The molecule has 2 amide bonds. The summed E-state index contributed by atoms with van der Waals surface area (Å²) in [4.78, 5) is 26.8. The Morgan fingerprint density at radius 2 is 2.08 bits per heavy atom. The molecule has 1 heterocycles. The number of hydrogen-bond acceptors (Lipinski definition) is 3. The molecule has 1 aliphatic rings. The number of carbonyl (C=O) groups is 2. The van der Waals surface area contributed by atoms with Crippen LogP contribution in [0.25, 0.3) is 0 Å². The summed E-state index contributed by atoms with van der Waals surface area (Å²) in [6.45, 7) is 4.66. The van der Waals surface area contributed by atoms with Gasteiger partial charge in [-0.2, -0.15) is 0 Å². The second-order valence-corrected chi connectivity index (χ2v) is 6.69. The largest absolute Gasteiger partial charge is 0.492 e. The van der Waals surface area contributed by atoms with Crippen molar-refractivity contribution in [2.24, 2.45) is 5.92 Å². The normalized spacial score (nSPS) is 16.7. The van der Waals surface area contributed by atoms with Gasteiger partial charge in [0.2, 0.25) is 11.8 Å². The first kappa shape index (κ1) is 18.3. The minimum atomic E-state index is -0.410. The van der Waals surface area contributed by atoms with Gasteiger partial charge in [-0.1, -0.05) is 23.7 Å². The molecule has 2 aromatic carbocycles. The maximum atomic E-state index is 12.7. The smallest absolute Gasteiger partial charge is 0.229 e. The Kier molecular flexibility index (Phi) is 5.47. The number of nitrogens with one attached hydrogen (secondary N) is 1. The number of halogens is 1. The molecular weight excluding hydrogens is 352 g/mol. The van der Waals surface area contributed by atoms with E-state index in [0.717, 1.165) is 11.3 Å². The van der Waals surface area contributed by atoms with Crippen LogP contribution in [0, 0.1) is 12.8 Å². The Bertz CT molecular complexity index is 838. The lowest BCUT2D eigenvalue weighted by atomic mass is 10.1. The van der Waals surface area contributed by atoms with Crippen molar-refractivity contribution in [2.45, 2.75) is 20.3 Å². The number of benzene rings is 2. The van der Waals surface area contributed by atoms with Crippen LogP contribution < -0.4 is 15.0 Å². The van der Waals surface area contributed by atoms with Gasteiger partial charge in [0.25, 0.3) is 0 Å². The van der Waals surface area contributed by atoms with Crippen LogP contribution in [0.15, 0.2) is 42.5 Å². The molecule has 1 aliphatic heterocycles. The third kappa shape index (κ3) is 3.83. The van der Waals surface area contributed by atoms with E-state index >= 15 is 0 Å². The molecule has 1 fully saturated rings. The fourth-order valence-electron chi connectivity index (χ4n) is 3.12. The van der Waals surface area contributed by atoms with Gasteiger partial charge in [0.05, 0.1) is 18.2 Å². The molecule has 0 aromatic heterocycles. The SMILES string of the molecule is CCOc1ccccc1NC(=O)C1CC(=O)N(c2ccc(Cl)cc2C)C1. The van der Waals surface area contributed by atoms with Gasteiger partial charge in [-0.15, -0.1) is 0 Å². The Morgan fingerprint density at radius 1 is 1.31 bits per heavy atom. The summed E-state index contributed by atoms with van der Waals surface area (Å²) in [6.07, 6.45) is 0.185. The highest BCUT2D eigenvalue weighted by molar-refractivity contribution is 6.30. The van der Waals surface area contributed by atoms with Gasteiger partial charge in [0.15, 0.2) is 0 Å². The van der Waals surface area contributed by atoms with Gasteiger partial charge in [-0.05, 0) is 49.7 Å². The van der Waals surface area contributed by atoms with E-state index in [1.165, 1.54) is 0 Å². The second-order valence-electron chi connectivity index (χ2n) is 6.25. The summed E-state index contributed by atoms with van der Waals surface area (Å²) in [5.41, 5.74) is 2.32. The molecule has 3 rings (SSSR count). The number of anilines is 2. The Balaban J connectivity index is 1.73. The lowest BCUT2D eigenvalue weighted by molar-refractivity contribution is -0.122. The van der Waals surface area contributed by atoms with Crippen molar-refractivity contribution in [3.8, 4) is 5.75 Å². The summed E-state index contributed by atoms with van der Waals surface area (Å²) >= 11 is 5.99. The van der Waals surface area contributed by atoms with E-state index in [0.29, 0.717) is 29.6 Å². The van der Waals surface area contributed by atoms with Gasteiger partial charge in [0, 0.05) is 23.7 Å². The fraction of sp³-hybridized carbons (Fsp3) is 0.300. The van der Waals surface area contributed by atoms with Crippen molar-refractivity contribution in [3.63, 3.8) is 0 Å². The first-order valence-electron chi connectivity index (χ1n) is 8.58. The number of aryl methyl sites for hydroxylation is 1. The third-order valence-electron chi connectivity index (χ3n) is 4.39. The monoisotopic (exact) mass is 372 g/mol. The maximum Gasteiger partial charge on any atom is 0.229 e. The van der Waals surface area contributed by atoms with Crippen LogP contribution in [0.3, 0.4) is 0 Å². The quantitative estimate of drug-likeness (QED) is 0.861. The van der Waals surface area contributed by atoms with E-state index < -0.39 is 5.92 Å². The molecule has 0 saturated carbocycles. The van der Waals surface area contributed by atoms with Crippen LogP contribution in [0.5, 0.6) is 5.75 Å². The summed E-state index contributed by atoms with van der Waals surface area (Å²) < 4.78 is 5.53. The van der Waals surface area contributed by atoms with Gasteiger partial charge >= 0.3 is 0 Å². The van der Waals surface area contributed by atoms with Gasteiger partial charge in [-0.3, -0.25) is 9.59 Å². The molecule has 0 spiro atoms. The lowest BCUT2D eigenvalue weighted by Crippen LogP contribution is -2.28. The van der Waals surface area contributed by atoms with E-state index in [1.807, 2.05) is 44.2 Å². The molecule has 0 bridgehead atoms. The Labute approximate surface area is 157 Å². The van der Waals surface area contributed by atoms with Crippen molar-refractivity contribution < 1.29 is 14.3 Å². The van der Waals surface area contributed by atoms with Gasteiger partial charge in [-0.25, -0.2) is 0 Å². The number of carbonyl (C=O) groups excluding carboxylic acids is 2. The van der Waals surface area contributed by atoms with Crippen molar-refractivity contribution >= 4 is 34.8 Å². The number of hydrogen-bond donors (Lipinski definition) is 1. The van der Waals surface area contributed by atoms with Crippen LogP contribution in [0.2, 0.25) is 5.02 Å². The highest BCUT2D eigenvalue weighted by atomic mass is 35.5. The summed E-state index contributed by atoms with van der Waals surface area (Å²) in [5.74, 6) is -0.0291. The number of para-hydroxylation sites is 2. The molecule has 2 aromatic rings. The van der Waals surface area contributed by atoms with E-state index in [4.69, 9.17) is 16.3 Å². The van der Waals surface area contributed by atoms with Crippen molar-refractivity contribution in [3.05, 3.63) is 53.1 Å². The molecule has 1 unspecified atom stereocenters. The number of amides is 2. The van der Waals surface area contributed by atoms with Crippen LogP contribution in [-0.4, -0.2) is 25.0 Å². The molecule has 136 valence electrons. The fourth-order valence-corrected chi connectivity index (χ4v) is 3.35. The number of nitrogens with zero attached hydrogens (tertiary/aromatic N) is 1. The van der Waals surface area contributed by atoms with Gasteiger partial charge in [0.1, 0.15) is 5.75 Å². The predicted octanol–water partition coefficient (Wildman–Crippen LogP) is 4.04. The zero-order valence-corrected chi connectivity index (χ0v) is 15.5. The molecule has 1 atom stereocenters. The number of rotatable bonds is 5. The van der Waals surface area contributed by atoms with E-state index in [9.17, 15) is 9.59 Å². The van der Waals surface area contributed by atoms with Crippen molar-refractivity contribution in [1.82, 2.24) is 0 Å². The van der Waals surface area contributed by atoms with Crippen LogP contribution in [0.1, 0.15) is 18.9 Å². The molecular formula is C20H21ClN2O3. The molecule has 0 aliphatic carbocycles. The highest BCUT2D eigenvalue weighted by Crippen LogP contribution is 2.31. The average molecular weight is 373 g/mol. The van der Waals surface area contributed by atoms with E-state index in [2.05, 4.69) is 5.32 Å². The predicted molar refractivity (Wildman–Crippen MR) is 103 cm³/mol. The minimum absolute atomic E-state index is 0.0614. The first-order valence-corrected chi connectivity index (χ1v) is 8.96. The number of ether oxygens (including phenoxy) is 1. The van der Waals surface area contributed by atoms with Crippen LogP contribution >= 0.6 is 11.6 Å². The summed E-state index contributed by atoms with van der Waals surface area (Å²) in [5, 5.41) is 3.51. The first-order chi connectivity index (χ1) is 12.5. The zero-order chi connectivity index (χ0) is 18.7. The van der Waals surface area contributed by atoms with Crippen molar-refractivity contribution in [1.29, 1.82) is 0 Å². The van der Waals surface area contributed by atoms with E-state index in [1.54, 1.807) is 17.0 Å². The van der Waals surface area contributed by atoms with Crippen LogP contribution in [-0.2, 0) is 9.59 Å². The molecule has 26 heavy (non-hydrogen) atoms. The molecule has 1 saturated heterocycles. The molecule has 5 nitrogen and oxygen atoms in total. The molecule has 1 N–H and O–H groups in total. The second kappa shape index (κ2) is 7.79. The zero-order valence-electron chi connectivity index (χ0n) is 14.8. The standard InChI is InChI=1S/C20H21ClN2O3/c1-3-26-18-7-5-4-6-16(18)22-20(25)14-11-19(24)23(12-14)17-9-8-15(21)10-13(17)2/h4-10,14H,3,11-12H2,1-2H3,(H,22,25). The molecule has 6 heteroatoms. The van der Waals surface area contributed by atoms with Gasteiger partial charge < -0.3 is 15.0 Å². The summed E-state index contributed by atoms with van der Waals surface area (Å²) in [7, 11) is 0. The highest BCUT2D eigenvalue weighted by Gasteiger charge is 2.35. The van der Waals surface area contributed by atoms with E-state index in [-0.39, 0.29) is 18.2 Å². The minimum Gasteiger partial charge on any atom is -0.492 e. The molecule has 0 radical (unpaired) electrons. The lowest BCUT2D eigenvalue weighted by Gasteiger charge is -2.19. The van der Waals surface area contributed by atoms with Crippen LogP contribution in [0.4, 0.5) is 11.4 Å². The summed E-state index contributed by atoms with van der Waals surface area (Å²) in [6, 6.07) is 12.7. The van der Waals surface area contributed by atoms with Crippen molar-refractivity contribution in [2.75, 3.05) is 23.4 Å².